The van der Waals surface area contributed by atoms with Crippen LogP contribution in [0.15, 0.2) is 46.8 Å². The lowest BCUT2D eigenvalue weighted by Crippen LogP contribution is -2.43. The summed E-state index contributed by atoms with van der Waals surface area (Å²) in [5.41, 5.74) is 4.34. The molecule has 1 aromatic rings. The Kier molecular flexibility index (Phi) is 6.22. The molecule has 4 rings (SSSR count). The molecule has 0 bridgehead atoms. The third kappa shape index (κ3) is 3.98. The number of Topliss-reactive ketones (excluding diaryl/α,β-unsaturated/α-hetero) is 1. The Morgan fingerprint density at radius 2 is 1.72 bits per heavy atom. The molecule has 1 fully saturated rings. The van der Waals surface area contributed by atoms with Gasteiger partial charge in [0.05, 0.1) is 12.7 Å². The lowest BCUT2D eigenvalue weighted by molar-refractivity contribution is -0.151. The minimum Gasteiger partial charge on any atom is -0.468 e. The number of dihydropyridines is 1. The summed E-state index contributed by atoms with van der Waals surface area (Å²) in [5, 5.41) is 3.31. The second-order valence-electron chi connectivity index (χ2n) is 9.26. The van der Waals surface area contributed by atoms with Crippen molar-refractivity contribution in [2.45, 2.75) is 64.9 Å². The van der Waals surface area contributed by atoms with Crippen LogP contribution in [0.1, 0.15) is 63.0 Å². The van der Waals surface area contributed by atoms with Crippen LogP contribution in [-0.2, 0) is 23.9 Å². The van der Waals surface area contributed by atoms with E-state index >= 15 is 0 Å². The fourth-order valence-electron chi connectivity index (χ4n) is 5.26. The average molecular weight is 438 g/mol. The average Bonchev–Trinajstić information content (AvgIpc) is 3.26. The Balaban J connectivity index is 1.79. The monoisotopic (exact) mass is 437 g/mol. The lowest BCUT2D eigenvalue weighted by Gasteiger charge is -2.38. The largest absolute Gasteiger partial charge is 0.468 e. The molecule has 2 aliphatic carbocycles. The van der Waals surface area contributed by atoms with Gasteiger partial charge in [-0.05, 0) is 57.4 Å². The van der Waals surface area contributed by atoms with Crippen molar-refractivity contribution in [2.24, 2.45) is 11.8 Å². The number of methoxy groups -OCH3 is 1. The van der Waals surface area contributed by atoms with Crippen LogP contribution in [0.4, 0.5) is 0 Å². The normalized spacial score (nSPS) is 26.0. The molecule has 1 heterocycles. The van der Waals surface area contributed by atoms with Gasteiger partial charge in [0.15, 0.2) is 5.78 Å². The van der Waals surface area contributed by atoms with Crippen LogP contribution in [0.5, 0.6) is 0 Å². The van der Waals surface area contributed by atoms with Crippen molar-refractivity contribution in [1.29, 1.82) is 0 Å². The van der Waals surface area contributed by atoms with E-state index in [4.69, 9.17) is 9.47 Å². The molecule has 1 aromatic carbocycles. The predicted molar refractivity (Wildman–Crippen MR) is 119 cm³/mol. The molecule has 3 aliphatic rings. The molecule has 3 atom stereocenters. The molecule has 0 aromatic heterocycles. The second-order valence-corrected chi connectivity index (χ2v) is 9.26. The smallest absolute Gasteiger partial charge is 0.337 e. The standard InChI is InChI=1S/C26H31NO5/c1-14-9-11-17(12-10-14)22-21(26(30)32-18-7-5-6-8-18)16(3)27-19-13-15(2)20(25(29)31-4)24(28)23(19)22/h9-12,15,18,20,22,27H,5-8,13H2,1-4H3/t15-,20+,22+/m1/s1. The van der Waals surface area contributed by atoms with Gasteiger partial charge in [0.25, 0.3) is 0 Å². The van der Waals surface area contributed by atoms with Crippen LogP contribution >= 0.6 is 0 Å². The third-order valence-electron chi connectivity index (χ3n) is 6.95. The summed E-state index contributed by atoms with van der Waals surface area (Å²) in [5.74, 6) is -2.84. The van der Waals surface area contributed by atoms with Crippen molar-refractivity contribution in [3.63, 3.8) is 0 Å². The Bertz CT molecular complexity index is 998. The van der Waals surface area contributed by atoms with Gasteiger partial charge in [-0.3, -0.25) is 9.59 Å². The van der Waals surface area contributed by atoms with E-state index in [9.17, 15) is 14.4 Å². The third-order valence-corrected chi connectivity index (χ3v) is 6.95. The molecule has 0 amide bonds. The van der Waals surface area contributed by atoms with Gasteiger partial charge in [-0.15, -0.1) is 0 Å². The minimum atomic E-state index is -0.876. The Morgan fingerprint density at radius 3 is 2.34 bits per heavy atom. The van der Waals surface area contributed by atoms with E-state index in [1.165, 1.54) is 7.11 Å². The number of carbonyl (C=O) groups is 3. The van der Waals surface area contributed by atoms with Crippen molar-refractivity contribution < 1.29 is 23.9 Å². The van der Waals surface area contributed by atoms with Gasteiger partial charge in [0, 0.05) is 22.9 Å². The first kappa shape index (κ1) is 22.3. The van der Waals surface area contributed by atoms with E-state index < -0.39 is 17.8 Å². The van der Waals surface area contributed by atoms with Gasteiger partial charge in [0.2, 0.25) is 0 Å². The molecule has 0 spiro atoms. The summed E-state index contributed by atoms with van der Waals surface area (Å²) >= 11 is 0. The van der Waals surface area contributed by atoms with Gasteiger partial charge in [-0.25, -0.2) is 4.79 Å². The quantitative estimate of drug-likeness (QED) is 0.564. The molecule has 1 saturated carbocycles. The van der Waals surface area contributed by atoms with Gasteiger partial charge in [-0.2, -0.15) is 0 Å². The lowest BCUT2D eigenvalue weighted by atomic mass is 9.69. The first-order valence-electron chi connectivity index (χ1n) is 11.4. The number of benzene rings is 1. The minimum absolute atomic E-state index is 0.0817. The van der Waals surface area contributed by atoms with E-state index in [-0.39, 0.29) is 23.8 Å². The number of esters is 2. The number of nitrogens with one attached hydrogen (secondary N) is 1. The summed E-state index contributed by atoms with van der Waals surface area (Å²) in [4.78, 5) is 39.5. The molecule has 32 heavy (non-hydrogen) atoms. The maximum absolute atomic E-state index is 13.7. The summed E-state index contributed by atoms with van der Waals surface area (Å²) in [6.07, 6.45) is 4.31. The molecule has 0 radical (unpaired) electrons. The topological polar surface area (TPSA) is 81.7 Å². The summed E-state index contributed by atoms with van der Waals surface area (Å²) in [6, 6.07) is 7.84. The number of rotatable bonds is 4. The number of hydrogen-bond acceptors (Lipinski definition) is 6. The molecule has 0 unspecified atom stereocenters. The Labute approximate surface area is 189 Å². The number of ketones is 1. The molecule has 6 nitrogen and oxygen atoms in total. The van der Waals surface area contributed by atoms with Crippen LogP contribution in [-0.4, -0.2) is 30.9 Å². The summed E-state index contributed by atoms with van der Waals surface area (Å²) in [6.45, 7) is 5.74. The zero-order valence-corrected chi connectivity index (χ0v) is 19.2. The van der Waals surface area contributed by atoms with Crippen molar-refractivity contribution in [2.75, 3.05) is 7.11 Å². The maximum Gasteiger partial charge on any atom is 0.337 e. The number of carbonyl (C=O) groups excluding carboxylic acids is 3. The van der Waals surface area contributed by atoms with Gasteiger partial charge in [-0.1, -0.05) is 36.8 Å². The SMILES string of the molecule is COC(=O)[C@@H]1C(=O)C2=C(C[C@H]1C)NC(C)=C(C(=O)OC1CCCC1)[C@@H]2c1ccc(C)cc1. The fourth-order valence-corrected chi connectivity index (χ4v) is 5.26. The van der Waals surface area contributed by atoms with Gasteiger partial charge >= 0.3 is 11.9 Å². The van der Waals surface area contributed by atoms with Gasteiger partial charge in [0.1, 0.15) is 12.0 Å². The molecular formula is C26H31NO5. The van der Waals surface area contributed by atoms with Crippen molar-refractivity contribution in [1.82, 2.24) is 5.32 Å². The highest BCUT2D eigenvalue weighted by atomic mass is 16.5. The van der Waals surface area contributed by atoms with Crippen LogP contribution in [0.3, 0.4) is 0 Å². The van der Waals surface area contributed by atoms with E-state index in [0.717, 1.165) is 42.5 Å². The maximum atomic E-state index is 13.7. The molecule has 1 N–H and O–H groups in total. The van der Waals surface area contributed by atoms with Crippen LogP contribution in [0.25, 0.3) is 0 Å². The fraction of sp³-hybridized carbons (Fsp3) is 0.500. The number of hydrogen-bond donors (Lipinski definition) is 1. The number of aryl methyl sites for hydroxylation is 1. The molecule has 0 saturated heterocycles. The molecule has 6 heteroatoms. The molecular weight excluding hydrogens is 406 g/mol. The van der Waals surface area contributed by atoms with Crippen LogP contribution in [0.2, 0.25) is 0 Å². The van der Waals surface area contributed by atoms with E-state index in [0.29, 0.717) is 23.3 Å². The van der Waals surface area contributed by atoms with Gasteiger partial charge < -0.3 is 14.8 Å². The first-order valence-corrected chi connectivity index (χ1v) is 11.4. The Hall–Kier alpha value is -2.89. The number of allylic oxidation sites excluding steroid dienone is 3. The van der Waals surface area contributed by atoms with Crippen LogP contribution < -0.4 is 5.32 Å². The van der Waals surface area contributed by atoms with Crippen molar-refractivity contribution in [3.8, 4) is 0 Å². The number of ether oxygens (including phenoxy) is 2. The predicted octanol–water partition coefficient (Wildman–Crippen LogP) is 4.09. The second kappa shape index (κ2) is 8.93. The summed E-state index contributed by atoms with van der Waals surface area (Å²) < 4.78 is 10.8. The molecule has 1 aliphatic heterocycles. The first-order chi connectivity index (χ1) is 15.3. The van der Waals surface area contributed by atoms with Crippen molar-refractivity contribution >= 4 is 17.7 Å². The van der Waals surface area contributed by atoms with E-state index in [1.54, 1.807) is 0 Å². The highest BCUT2D eigenvalue weighted by Crippen LogP contribution is 2.45. The van der Waals surface area contributed by atoms with Crippen LogP contribution in [0, 0.1) is 18.8 Å². The zero-order valence-electron chi connectivity index (χ0n) is 19.2. The highest BCUT2D eigenvalue weighted by molar-refractivity contribution is 6.12. The van der Waals surface area contributed by atoms with E-state index in [1.807, 2.05) is 45.0 Å². The van der Waals surface area contributed by atoms with Crippen molar-refractivity contribution in [3.05, 3.63) is 57.9 Å². The molecule has 170 valence electrons. The highest BCUT2D eigenvalue weighted by Gasteiger charge is 2.47. The van der Waals surface area contributed by atoms with E-state index in [2.05, 4.69) is 5.32 Å². The summed E-state index contributed by atoms with van der Waals surface area (Å²) in [7, 11) is 1.30. The zero-order chi connectivity index (χ0) is 23.0. The Morgan fingerprint density at radius 1 is 1.06 bits per heavy atom.